The number of furan rings is 1. The number of nitrogens with one attached hydrogen (secondary N) is 2. The zero-order valence-corrected chi connectivity index (χ0v) is 11.2. The molecule has 0 aromatic carbocycles. The van der Waals surface area contributed by atoms with E-state index in [-0.39, 0.29) is 6.54 Å². The molecule has 0 aliphatic rings. The van der Waals surface area contributed by atoms with Crippen molar-refractivity contribution in [1.82, 2.24) is 10.6 Å². The van der Waals surface area contributed by atoms with Gasteiger partial charge in [0.15, 0.2) is 0 Å². The van der Waals surface area contributed by atoms with Crippen LogP contribution in [0.25, 0.3) is 0 Å². The maximum atomic E-state index is 11.6. The Morgan fingerprint density at radius 3 is 2.68 bits per heavy atom. The van der Waals surface area contributed by atoms with E-state index < -0.39 is 18.0 Å². The summed E-state index contributed by atoms with van der Waals surface area (Å²) in [6.45, 7) is 4.02. The van der Waals surface area contributed by atoms with Crippen molar-refractivity contribution in [1.29, 1.82) is 0 Å². The number of unbranched alkanes of at least 4 members (excludes halogenated alkanes) is 1. The van der Waals surface area contributed by atoms with E-state index in [1.807, 2.05) is 13.8 Å². The number of rotatable bonds is 7. The van der Waals surface area contributed by atoms with Crippen molar-refractivity contribution in [3.8, 4) is 0 Å². The van der Waals surface area contributed by atoms with E-state index in [1.54, 1.807) is 12.1 Å². The molecule has 0 bridgehead atoms. The van der Waals surface area contributed by atoms with Crippen LogP contribution in [0, 0.1) is 6.92 Å². The van der Waals surface area contributed by atoms with E-state index >= 15 is 0 Å². The zero-order chi connectivity index (χ0) is 14.3. The van der Waals surface area contributed by atoms with E-state index in [2.05, 4.69) is 10.6 Å². The molecule has 19 heavy (non-hydrogen) atoms. The van der Waals surface area contributed by atoms with Crippen LogP contribution in [0.4, 0.5) is 4.79 Å². The topological polar surface area (TPSA) is 91.6 Å². The number of amides is 2. The maximum absolute atomic E-state index is 11.6. The normalized spacial score (nSPS) is 11.9. The second kappa shape index (κ2) is 7.45. The highest BCUT2D eigenvalue weighted by molar-refractivity contribution is 5.82. The number of carboxylic acid groups (broad SMARTS) is 1. The smallest absolute Gasteiger partial charge is 0.326 e. The molecule has 6 heteroatoms. The molecular formula is C13H20N2O4. The summed E-state index contributed by atoms with van der Waals surface area (Å²) in [5.74, 6) is 0.383. The fraction of sp³-hybridized carbons (Fsp3) is 0.538. The summed E-state index contributed by atoms with van der Waals surface area (Å²) in [7, 11) is 0. The standard InChI is InChI=1S/C13H20N2O4/c1-3-4-5-11(12(16)17)15-13(18)14-8-10-7-6-9(2)19-10/h6-7,11H,3-5,8H2,1-2H3,(H,16,17)(H2,14,15,18)/t11-/m0/s1. The molecule has 2 amide bonds. The van der Waals surface area contributed by atoms with Gasteiger partial charge in [0.25, 0.3) is 0 Å². The van der Waals surface area contributed by atoms with Gasteiger partial charge in [-0.15, -0.1) is 0 Å². The van der Waals surface area contributed by atoms with E-state index in [4.69, 9.17) is 9.52 Å². The molecule has 0 saturated heterocycles. The minimum Gasteiger partial charge on any atom is -0.480 e. The molecule has 0 spiro atoms. The van der Waals surface area contributed by atoms with Crippen molar-refractivity contribution in [2.75, 3.05) is 0 Å². The van der Waals surface area contributed by atoms with E-state index in [0.29, 0.717) is 12.2 Å². The molecule has 1 atom stereocenters. The number of carbonyl (C=O) groups is 2. The summed E-state index contributed by atoms with van der Waals surface area (Å²) in [6.07, 6.45) is 2.08. The van der Waals surface area contributed by atoms with Gasteiger partial charge in [-0.3, -0.25) is 0 Å². The number of carbonyl (C=O) groups excluding carboxylic acids is 1. The Morgan fingerprint density at radius 1 is 1.42 bits per heavy atom. The molecule has 0 aliphatic carbocycles. The molecule has 0 fully saturated rings. The first-order valence-corrected chi connectivity index (χ1v) is 6.35. The average Bonchev–Trinajstić information content (AvgIpc) is 2.77. The van der Waals surface area contributed by atoms with Gasteiger partial charge in [-0.2, -0.15) is 0 Å². The Bertz CT molecular complexity index is 428. The number of aliphatic carboxylic acids is 1. The van der Waals surface area contributed by atoms with Crippen molar-refractivity contribution < 1.29 is 19.1 Å². The van der Waals surface area contributed by atoms with Gasteiger partial charge in [0.1, 0.15) is 17.6 Å². The second-order valence-corrected chi connectivity index (χ2v) is 4.37. The molecule has 106 valence electrons. The van der Waals surface area contributed by atoms with Gasteiger partial charge in [-0.05, 0) is 25.5 Å². The summed E-state index contributed by atoms with van der Waals surface area (Å²) in [5, 5.41) is 14.0. The van der Waals surface area contributed by atoms with Gasteiger partial charge >= 0.3 is 12.0 Å². The minimum atomic E-state index is -1.02. The molecule has 0 radical (unpaired) electrons. The van der Waals surface area contributed by atoms with Crippen LogP contribution in [0.3, 0.4) is 0 Å². The molecule has 1 aromatic heterocycles. The maximum Gasteiger partial charge on any atom is 0.326 e. The number of urea groups is 1. The third-order valence-electron chi connectivity index (χ3n) is 2.67. The molecule has 0 unspecified atom stereocenters. The summed E-state index contributed by atoms with van der Waals surface area (Å²) in [4.78, 5) is 22.5. The summed E-state index contributed by atoms with van der Waals surface area (Å²) < 4.78 is 5.29. The first-order chi connectivity index (χ1) is 9.02. The van der Waals surface area contributed by atoms with Crippen molar-refractivity contribution in [2.24, 2.45) is 0 Å². The van der Waals surface area contributed by atoms with Crippen LogP contribution < -0.4 is 10.6 Å². The van der Waals surface area contributed by atoms with Gasteiger partial charge in [0.05, 0.1) is 6.54 Å². The molecule has 0 saturated carbocycles. The number of hydrogen-bond acceptors (Lipinski definition) is 3. The van der Waals surface area contributed by atoms with Crippen LogP contribution in [0.2, 0.25) is 0 Å². The van der Waals surface area contributed by atoms with E-state index in [0.717, 1.165) is 18.6 Å². The van der Waals surface area contributed by atoms with Gasteiger partial charge in [0, 0.05) is 0 Å². The zero-order valence-electron chi connectivity index (χ0n) is 11.2. The SMILES string of the molecule is CCCC[C@H](NC(=O)NCc1ccc(C)o1)C(=O)O. The lowest BCUT2D eigenvalue weighted by atomic mass is 10.1. The fourth-order valence-corrected chi connectivity index (χ4v) is 1.62. The van der Waals surface area contributed by atoms with Crippen LogP contribution in [-0.4, -0.2) is 23.1 Å². The number of aryl methyl sites for hydroxylation is 1. The molecule has 0 aliphatic heterocycles. The van der Waals surface area contributed by atoms with Crippen molar-refractivity contribution in [2.45, 2.75) is 45.7 Å². The predicted octanol–water partition coefficient (Wildman–Crippen LogP) is 2.03. The number of carboxylic acids is 1. The molecule has 1 heterocycles. The highest BCUT2D eigenvalue weighted by atomic mass is 16.4. The first kappa shape index (κ1) is 15.1. The van der Waals surface area contributed by atoms with Crippen LogP contribution >= 0.6 is 0 Å². The van der Waals surface area contributed by atoms with Gasteiger partial charge in [-0.1, -0.05) is 19.8 Å². The highest BCUT2D eigenvalue weighted by Gasteiger charge is 2.18. The van der Waals surface area contributed by atoms with Crippen LogP contribution in [-0.2, 0) is 11.3 Å². The summed E-state index contributed by atoms with van der Waals surface area (Å²) >= 11 is 0. The molecular weight excluding hydrogens is 248 g/mol. The van der Waals surface area contributed by atoms with Crippen molar-refractivity contribution in [3.63, 3.8) is 0 Å². The average molecular weight is 268 g/mol. The molecule has 3 N–H and O–H groups in total. The lowest BCUT2D eigenvalue weighted by Crippen LogP contribution is -2.45. The summed E-state index contributed by atoms with van der Waals surface area (Å²) in [6, 6.07) is 2.22. The van der Waals surface area contributed by atoms with Gasteiger partial charge < -0.3 is 20.2 Å². The molecule has 1 aromatic rings. The number of hydrogen-bond donors (Lipinski definition) is 3. The molecule has 1 rings (SSSR count). The van der Waals surface area contributed by atoms with Crippen molar-refractivity contribution >= 4 is 12.0 Å². The Balaban J connectivity index is 2.37. The monoisotopic (exact) mass is 268 g/mol. The predicted molar refractivity (Wildman–Crippen MR) is 69.8 cm³/mol. The van der Waals surface area contributed by atoms with Crippen LogP contribution in [0.15, 0.2) is 16.5 Å². The molecule has 6 nitrogen and oxygen atoms in total. The Kier molecular flexibility index (Phi) is 5.92. The quantitative estimate of drug-likeness (QED) is 0.705. The highest BCUT2D eigenvalue weighted by Crippen LogP contribution is 2.05. The Labute approximate surface area is 112 Å². The Morgan fingerprint density at radius 2 is 2.16 bits per heavy atom. The van der Waals surface area contributed by atoms with E-state index in [1.165, 1.54) is 0 Å². The third-order valence-corrected chi connectivity index (χ3v) is 2.67. The minimum absolute atomic E-state index is 0.236. The fourth-order valence-electron chi connectivity index (χ4n) is 1.62. The lowest BCUT2D eigenvalue weighted by molar-refractivity contribution is -0.139. The van der Waals surface area contributed by atoms with Crippen LogP contribution in [0.1, 0.15) is 37.7 Å². The van der Waals surface area contributed by atoms with E-state index in [9.17, 15) is 9.59 Å². The largest absolute Gasteiger partial charge is 0.480 e. The van der Waals surface area contributed by atoms with Gasteiger partial charge in [-0.25, -0.2) is 9.59 Å². The second-order valence-electron chi connectivity index (χ2n) is 4.37. The lowest BCUT2D eigenvalue weighted by Gasteiger charge is -2.14. The van der Waals surface area contributed by atoms with Crippen LogP contribution in [0.5, 0.6) is 0 Å². The Hall–Kier alpha value is -1.98. The first-order valence-electron chi connectivity index (χ1n) is 6.35. The summed E-state index contributed by atoms with van der Waals surface area (Å²) in [5.41, 5.74) is 0. The van der Waals surface area contributed by atoms with Crippen molar-refractivity contribution in [3.05, 3.63) is 23.7 Å². The van der Waals surface area contributed by atoms with Gasteiger partial charge in [0.2, 0.25) is 0 Å². The third kappa shape index (κ3) is 5.46.